The number of hydrogen-bond donors (Lipinski definition) is 2. The molecule has 3 rings (SSSR count). The van der Waals surface area contributed by atoms with Crippen LogP contribution in [-0.2, 0) is 9.53 Å². The second-order valence-electron chi connectivity index (χ2n) is 7.38. The molecule has 0 radical (unpaired) electrons. The van der Waals surface area contributed by atoms with Crippen molar-refractivity contribution >= 4 is 27.9 Å². The summed E-state index contributed by atoms with van der Waals surface area (Å²) in [6.45, 7) is 3.63. The van der Waals surface area contributed by atoms with Crippen LogP contribution in [0.2, 0.25) is 0 Å². The van der Waals surface area contributed by atoms with Gasteiger partial charge in [0.05, 0.1) is 7.11 Å². The summed E-state index contributed by atoms with van der Waals surface area (Å²) in [7, 11) is 1.15. The summed E-state index contributed by atoms with van der Waals surface area (Å²) >= 11 is 0. The van der Waals surface area contributed by atoms with Crippen molar-refractivity contribution in [2.45, 2.75) is 38.5 Å². The number of benzene rings is 2. The Morgan fingerprint density at radius 3 is 2.48 bits per heavy atom. The zero-order valence-electron chi connectivity index (χ0n) is 16.2. The Morgan fingerprint density at radius 1 is 1.14 bits per heavy atom. The smallest absolute Gasteiger partial charge is 0.407 e. The van der Waals surface area contributed by atoms with Crippen molar-refractivity contribution in [1.82, 2.24) is 5.32 Å². The average molecular weight is 409 g/mol. The molecule has 0 bridgehead atoms. The van der Waals surface area contributed by atoms with E-state index in [0.717, 1.165) is 7.11 Å². The van der Waals surface area contributed by atoms with Crippen molar-refractivity contribution in [3.8, 4) is 5.75 Å². The minimum atomic E-state index is -4.64. The molecule has 5 nitrogen and oxygen atoms in total. The number of alkyl halides is 3. The summed E-state index contributed by atoms with van der Waals surface area (Å²) in [5, 5.41) is 13.3. The Hall–Kier alpha value is -2.74. The SMILES string of the molecule is COC(=O)C(CC(C)C)NC(c1ccc2c(c1)oc1ccc(O)cc12)C(F)(F)F. The van der Waals surface area contributed by atoms with Crippen molar-refractivity contribution in [3.63, 3.8) is 0 Å². The highest BCUT2D eigenvalue weighted by molar-refractivity contribution is 6.05. The molecule has 2 unspecified atom stereocenters. The lowest BCUT2D eigenvalue weighted by Crippen LogP contribution is -2.45. The van der Waals surface area contributed by atoms with E-state index in [1.54, 1.807) is 6.07 Å². The predicted octanol–water partition coefficient (Wildman–Crippen LogP) is 5.07. The molecule has 0 fully saturated rings. The van der Waals surface area contributed by atoms with E-state index in [4.69, 9.17) is 4.42 Å². The van der Waals surface area contributed by atoms with Gasteiger partial charge >= 0.3 is 12.1 Å². The van der Waals surface area contributed by atoms with E-state index in [0.29, 0.717) is 16.4 Å². The zero-order valence-corrected chi connectivity index (χ0v) is 16.2. The lowest BCUT2D eigenvalue weighted by atomic mass is 9.99. The summed E-state index contributed by atoms with van der Waals surface area (Å²) in [5.74, 6) is -0.715. The van der Waals surface area contributed by atoms with Gasteiger partial charge in [-0.15, -0.1) is 0 Å². The van der Waals surface area contributed by atoms with Crippen LogP contribution in [0.3, 0.4) is 0 Å². The standard InChI is InChI=1S/C21H22F3NO4/c1-11(2)8-16(20(27)28-3)25-19(21(22,23)24)12-4-6-14-15-10-13(26)5-7-17(15)29-18(14)9-12/h4-7,9-11,16,19,25-26H,8H2,1-3H3. The molecule has 2 aromatic carbocycles. The molecule has 156 valence electrons. The Balaban J connectivity index is 2.03. The highest BCUT2D eigenvalue weighted by atomic mass is 19.4. The largest absolute Gasteiger partial charge is 0.508 e. The maximum absolute atomic E-state index is 13.9. The number of nitrogens with one attached hydrogen (secondary N) is 1. The van der Waals surface area contributed by atoms with E-state index in [-0.39, 0.29) is 29.2 Å². The number of phenolic OH excluding ortho intramolecular Hbond substituents is 1. The van der Waals surface area contributed by atoms with Gasteiger partial charge in [-0.05, 0) is 42.2 Å². The van der Waals surface area contributed by atoms with Crippen LogP contribution < -0.4 is 5.32 Å². The van der Waals surface area contributed by atoms with Crippen LogP contribution in [0.5, 0.6) is 5.75 Å². The van der Waals surface area contributed by atoms with E-state index >= 15 is 0 Å². The van der Waals surface area contributed by atoms with E-state index < -0.39 is 24.2 Å². The fourth-order valence-corrected chi connectivity index (χ4v) is 3.39. The second kappa shape index (κ2) is 7.94. The van der Waals surface area contributed by atoms with Gasteiger partial charge in [-0.25, -0.2) is 0 Å². The number of esters is 1. The maximum Gasteiger partial charge on any atom is 0.407 e. The molecule has 1 heterocycles. The molecule has 0 amide bonds. The Kier molecular flexibility index (Phi) is 5.75. The lowest BCUT2D eigenvalue weighted by molar-refractivity contribution is -0.164. The summed E-state index contributed by atoms with van der Waals surface area (Å²) < 4.78 is 51.9. The van der Waals surface area contributed by atoms with Gasteiger partial charge in [0.15, 0.2) is 0 Å². The molecule has 0 saturated heterocycles. The predicted molar refractivity (Wildman–Crippen MR) is 103 cm³/mol. The Bertz CT molecular complexity index is 1030. The number of aromatic hydroxyl groups is 1. The van der Waals surface area contributed by atoms with Gasteiger partial charge in [0.2, 0.25) is 0 Å². The molecule has 29 heavy (non-hydrogen) atoms. The first-order valence-electron chi connectivity index (χ1n) is 9.16. The molecule has 2 N–H and O–H groups in total. The molecule has 2 atom stereocenters. The van der Waals surface area contributed by atoms with Crippen LogP contribution in [0.25, 0.3) is 21.9 Å². The van der Waals surface area contributed by atoms with Crippen LogP contribution >= 0.6 is 0 Å². The lowest BCUT2D eigenvalue weighted by Gasteiger charge is -2.27. The molecule has 0 aliphatic rings. The number of rotatable bonds is 6. The minimum Gasteiger partial charge on any atom is -0.508 e. The number of ether oxygens (including phenoxy) is 1. The molecular formula is C21H22F3NO4. The van der Waals surface area contributed by atoms with Gasteiger partial charge in [0.1, 0.15) is 29.0 Å². The number of phenols is 1. The molecule has 3 aromatic rings. The van der Waals surface area contributed by atoms with E-state index in [9.17, 15) is 23.1 Å². The number of furan rings is 1. The second-order valence-corrected chi connectivity index (χ2v) is 7.38. The fourth-order valence-electron chi connectivity index (χ4n) is 3.39. The Morgan fingerprint density at radius 2 is 1.86 bits per heavy atom. The van der Waals surface area contributed by atoms with Crippen molar-refractivity contribution in [1.29, 1.82) is 0 Å². The summed E-state index contributed by atoms with van der Waals surface area (Å²) in [4.78, 5) is 12.0. The van der Waals surface area contributed by atoms with Crippen molar-refractivity contribution < 1.29 is 32.2 Å². The maximum atomic E-state index is 13.9. The van der Waals surface area contributed by atoms with E-state index in [1.165, 1.54) is 30.3 Å². The highest BCUT2D eigenvalue weighted by Gasteiger charge is 2.43. The average Bonchev–Trinajstić information content (AvgIpc) is 3.00. The van der Waals surface area contributed by atoms with Crippen molar-refractivity contribution in [2.75, 3.05) is 7.11 Å². The number of carbonyl (C=O) groups excluding carboxylic acids is 1. The van der Waals surface area contributed by atoms with Crippen molar-refractivity contribution in [3.05, 3.63) is 42.0 Å². The zero-order chi connectivity index (χ0) is 21.3. The van der Waals surface area contributed by atoms with E-state index in [2.05, 4.69) is 10.1 Å². The monoisotopic (exact) mass is 409 g/mol. The van der Waals surface area contributed by atoms with Crippen LogP contribution in [0, 0.1) is 5.92 Å². The fraction of sp³-hybridized carbons (Fsp3) is 0.381. The van der Waals surface area contributed by atoms with Crippen LogP contribution in [-0.4, -0.2) is 30.4 Å². The molecule has 0 aliphatic carbocycles. The third-order valence-corrected chi connectivity index (χ3v) is 4.70. The summed E-state index contributed by atoms with van der Waals surface area (Å²) in [6, 6.07) is 5.49. The minimum absolute atomic E-state index is 0.00832. The molecular weight excluding hydrogens is 387 g/mol. The number of hydrogen-bond acceptors (Lipinski definition) is 5. The number of methoxy groups -OCH3 is 1. The normalized spacial score (nSPS) is 14.4. The van der Waals surface area contributed by atoms with Crippen LogP contribution in [0.1, 0.15) is 31.9 Å². The van der Waals surface area contributed by atoms with Gasteiger partial charge in [-0.2, -0.15) is 13.2 Å². The molecule has 1 aromatic heterocycles. The molecule has 0 aliphatic heterocycles. The molecule has 0 saturated carbocycles. The number of carbonyl (C=O) groups is 1. The first kappa shape index (κ1) is 21.0. The van der Waals surface area contributed by atoms with Gasteiger partial charge in [-0.3, -0.25) is 10.1 Å². The topological polar surface area (TPSA) is 71.7 Å². The van der Waals surface area contributed by atoms with Crippen molar-refractivity contribution in [2.24, 2.45) is 5.92 Å². The summed E-state index contributed by atoms with van der Waals surface area (Å²) in [6.07, 6.45) is -4.44. The van der Waals surface area contributed by atoms with Gasteiger partial charge in [0.25, 0.3) is 0 Å². The van der Waals surface area contributed by atoms with Gasteiger partial charge in [0, 0.05) is 10.8 Å². The van der Waals surface area contributed by atoms with Crippen LogP contribution in [0.4, 0.5) is 13.2 Å². The molecule has 8 heteroatoms. The first-order chi connectivity index (χ1) is 13.6. The number of halogens is 3. The quantitative estimate of drug-likeness (QED) is 0.556. The van der Waals surface area contributed by atoms with Gasteiger partial charge in [-0.1, -0.05) is 26.0 Å². The first-order valence-corrected chi connectivity index (χ1v) is 9.16. The highest BCUT2D eigenvalue weighted by Crippen LogP contribution is 2.37. The van der Waals surface area contributed by atoms with Crippen LogP contribution in [0.15, 0.2) is 40.8 Å². The third kappa shape index (κ3) is 4.48. The Labute approximate surface area is 165 Å². The van der Waals surface area contributed by atoms with E-state index in [1.807, 2.05) is 13.8 Å². The molecule has 0 spiro atoms. The van der Waals surface area contributed by atoms with Gasteiger partial charge < -0.3 is 14.3 Å². The third-order valence-electron chi connectivity index (χ3n) is 4.70. The number of fused-ring (bicyclic) bond motifs is 3. The summed E-state index contributed by atoms with van der Waals surface area (Å²) in [5.41, 5.74) is 0.641.